The first-order chi connectivity index (χ1) is 8.56. The molecule has 0 unspecified atom stereocenters. The molecule has 18 heavy (non-hydrogen) atoms. The molecule has 1 heterocycles. The summed E-state index contributed by atoms with van der Waals surface area (Å²) in [6.07, 6.45) is 6.04. The van der Waals surface area contributed by atoms with Gasteiger partial charge in [0, 0.05) is 25.8 Å². The van der Waals surface area contributed by atoms with Gasteiger partial charge in [0.2, 0.25) is 5.91 Å². The predicted molar refractivity (Wildman–Crippen MR) is 70.9 cm³/mol. The van der Waals surface area contributed by atoms with Crippen molar-refractivity contribution in [1.82, 2.24) is 9.80 Å². The SMILES string of the molecule is C[C@H]1CN(C2CCCC2)C(=N)/C(=C\N)N(C)C1=O. The topological polar surface area (TPSA) is 73.4 Å². The van der Waals surface area contributed by atoms with Gasteiger partial charge >= 0.3 is 0 Å². The number of nitrogens with two attached hydrogens (primary N) is 1. The largest absolute Gasteiger partial charge is 0.403 e. The first-order valence-corrected chi connectivity index (χ1v) is 6.61. The number of carbonyl (C=O) groups is 1. The molecule has 0 aromatic rings. The molecular formula is C13H22N4O. The van der Waals surface area contributed by atoms with Crippen molar-refractivity contribution in [3.05, 3.63) is 11.9 Å². The van der Waals surface area contributed by atoms with Crippen LogP contribution in [0.2, 0.25) is 0 Å². The van der Waals surface area contributed by atoms with Gasteiger partial charge in [-0.3, -0.25) is 10.2 Å². The summed E-state index contributed by atoms with van der Waals surface area (Å²) in [6, 6.07) is 0.397. The molecular weight excluding hydrogens is 228 g/mol. The van der Waals surface area contributed by atoms with Crippen LogP contribution < -0.4 is 5.73 Å². The summed E-state index contributed by atoms with van der Waals surface area (Å²) >= 11 is 0. The van der Waals surface area contributed by atoms with Crippen molar-refractivity contribution < 1.29 is 4.79 Å². The van der Waals surface area contributed by atoms with Gasteiger partial charge in [-0.05, 0) is 12.8 Å². The van der Waals surface area contributed by atoms with E-state index in [2.05, 4.69) is 4.90 Å². The number of amides is 1. The molecule has 0 radical (unpaired) electrons. The summed E-state index contributed by atoms with van der Waals surface area (Å²) in [4.78, 5) is 15.7. The van der Waals surface area contributed by atoms with E-state index in [1.807, 2.05) is 6.92 Å². The third-order valence-corrected chi connectivity index (χ3v) is 4.04. The summed E-state index contributed by atoms with van der Waals surface area (Å²) in [7, 11) is 1.70. The Balaban J connectivity index is 2.30. The average molecular weight is 250 g/mol. The molecule has 1 amide bonds. The van der Waals surface area contributed by atoms with Gasteiger partial charge in [-0.2, -0.15) is 0 Å². The van der Waals surface area contributed by atoms with Crippen LogP contribution in [0.4, 0.5) is 0 Å². The molecule has 1 saturated heterocycles. The van der Waals surface area contributed by atoms with Gasteiger partial charge in [0.25, 0.3) is 0 Å². The van der Waals surface area contributed by atoms with Crippen LogP contribution in [0, 0.1) is 11.3 Å². The van der Waals surface area contributed by atoms with E-state index >= 15 is 0 Å². The van der Waals surface area contributed by atoms with E-state index in [9.17, 15) is 4.79 Å². The molecule has 0 bridgehead atoms. The van der Waals surface area contributed by atoms with E-state index in [0.29, 0.717) is 24.1 Å². The van der Waals surface area contributed by atoms with Crippen molar-refractivity contribution >= 4 is 11.7 Å². The molecule has 1 aliphatic heterocycles. The number of nitrogens with zero attached hydrogens (tertiary/aromatic N) is 2. The van der Waals surface area contributed by atoms with E-state index in [1.165, 1.54) is 23.9 Å². The number of nitrogens with one attached hydrogen (secondary N) is 1. The van der Waals surface area contributed by atoms with Crippen molar-refractivity contribution in [3.8, 4) is 0 Å². The van der Waals surface area contributed by atoms with E-state index in [1.54, 1.807) is 7.05 Å². The van der Waals surface area contributed by atoms with Crippen molar-refractivity contribution in [2.45, 2.75) is 38.6 Å². The van der Waals surface area contributed by atoms with Gasteiger partial charge in [0.05, 0.1) is 5.92 Å². The zero-order valence-corrected chi connectivity index (χ0v) is 11.1. The third kappa shape index (κ3) is 2.09. The van der Waals surface area contributed by atoms with Crippen LogP contribution in [0.25, 0.3) is 0 Å². The van der Waals surface area contributed by atoms with Crippen molar-refractivity contribution in [3.63, 3.8) is 0 Å². The van der Waals surface area contributed by atoms with Gasteiger partial charge in [-0.15, -0.1) is 0 Å². The average Bonchev–Trinajstić information content (AvgIpc) is 2.86. The van der Waals surface area contributed by atoms with Crippen LogP contribution in [0.1, 0.15) is 32.6 Å². The van der Waals surface area contributed by atoms with Gasteiger partial charge < -0.3 is 15.5 Å². The second kappa shape index (κ2) is 5.00. The molecule has 1 atom stereocenters. The Kier molecular flexibility index (Phi) is 3.59. The zero-order valence-electron chi connectivity index (χ0n) is 11.1. The number of hydrogen-bond donors (Lipinski definition) is 2. The zero-order chi connectivity index (χ0) is 13.3. The van der Waals surface area contributed by atoms with Crippen LogP contribution in [0.5, 0.6) is 0 Å². The van der Waals surface area contributed by atoms with Crippen LogP contribution in [-0.2, 0) is 4.79 Å². The summed E-state index contributed by atoms with van der Waals surface area (Å²) in [5, 5.41) is 8.30. The maximum Gasteiger partial charge on any atom is 0.231 e. The molecule has 100 valence electrons. The standard InChI is InChI=1S/C13H22N4O/c1-9-8-17(10-5-3-4-6-10)12(15)11(7-14)16(2)13(9)18/h7,9-10,15H,3-6,8,14H2,1-2H3/b11-7+,15-12?/t9-/m0/s1. The molecule has 2 fully saturated rings. The smallest absolute Gasteiger partial charge is 0.231 e. The Morgan fingerprint density at radius 1 is 1.39 bits per heavy atom. The molecule has 5 nitrogen and oxygen atoms in total. The minimum atomic E-state index is -0.0894. The highest BCUT2D eigenvalue weighted by molar-refractivity contribution is 6.01. The van der Waals surface area contributed by atoms with Crippen molar-refractivity contribution in [2.24, 2.45) is 11.7 Å². The fourth-order valence-electron chi connectivity index (χ4n) is 2.96. The lowest BCUT2D eigenvalue weighted by atomic mass is 10.1. The Hall–Kier alpha value is -1.52. The lowest BCUT2D eigenvalue weighted by Gasteiger charge is -2.31. The van der Waals surface area contributed by atoms with Gasteiger partial charge in [-0.25, -0.2) is 0 Å². The quantitative estimate of drug-likeness (QED) is 0.732. The highest BCUT2D eigenvalue weighted by atomic mass is 16.2. The number of hydrogen-bond acceptors (Lipinski definition) is 3. The highest BCUT2D eigenvalue weighted by Gasteiger charge is 2.35. The maximum absolute atomic E-state index is 12.1. The lowest BCUT2D eigenvalue weighted by Crippen LogP contribution is -2.41. The molecule has 3 N–H and O–H groups in total. The van der Waals surface area contributed by atoms with Crippen LogP contribution in [-0.4, -0.2) is 41.2 Å². The normalized spacial score (nSPS) is 29.2. The molecule has 1 saturated carbocycles. The minimum absolute atomic E-state index is 0.0388. The maximum atomic E-state index is 12.1. The molecule has 2 rings (SSSR count). The summed E-state index contributed by atoms with van der Waals surface area (Å²) in [5.74, 6) is 0.343. The Bertz CT molecular complexity index is 384. The van der Waals surface area contributed by atoms with Crippen molar-refractivity contribution in [1.29, 1.82) is 5.41 Å². The van der Waals surface area contributed by atoms with Crippen LogP contribution >= 0.6 is 0 Å². The van der Waals surface area contributed by atoms with Gasteiger partial charge in [0.1, 0.15) is 11.5 Å². The van der Waals surface area contributed by atoms with Gasteiger partial charge in [-0.1, -0.05) is 19.8 Å². The highest BCUT2D eigenvalue weighted by Crippen LogP contribution is 2.28. The van der Waals surface area contributed by atoms with E-state index in [4.69, 9.17) is 11.1 Å². The fourth-order valence-corrected chi connectivity index (χ4v) is 2.96. The first kappa shape index (κ1) is 12.9. The summed E-state index contributed by atoms with van der Waals surface area (Å²) in [5.41, 5.74) is 6.12. The van der Waals surface area contributed by atoms with Crippen LogP contribution in [0.15, 0.2) is 11.9 Å². The molecule has 2 aliphatic rings. The Labute approximate surface area is 108 Å². The third-order valence-electron chi connectivity index (χ3n) is 4.04. The second-order valence-corrected chi connectivity index (χ2v) is 5.29. The summed E-state index contributed by atoms with van der Waals surface area (Å²) in [6.45, 7) is 2.55. The van der Waals surface area contributed by atoms with Crippen LogP contribution in [0.3, 0.4) is 0 Å². The number of likely N-dealkylation sites (N-methyl/N-ethyl adjacent to an activating group) is 1. The number of carbonyl (C=O) groups excluding carboxylic acids is 1. The van der Waals surface area contributed by atoms with Crippen molar-refractivity contribution in [2.75, 3.05) is 13.6 Å². The molecule has 1 aliphatic carbocycles. The van der Waals surface area contributed by atoms with E-state index in [0.717, 1.165) is 12.8 Å². The van der Waals surface area contributed by atoms with E-state index in [-0.39, 0.29) is 11.8 Å². The van der Waals surface area contributed by atoms with Gasteiger partial charge in [0.15, 0.2) is 0 Å². The Morgan fingerprint density at radius 2 is 2.00 bits per heavy atom. The molecule has 0 aromatic carbocycles. The minimum Gasteiger partial charge on any atom is -0.403 e. The number of amidine groups is 1. The second-order valence-electron chi connectivity index (χ2n) is 5.29. The molecule has 5 heteroatoms. The lowest BCUT2D eigenvalue weighted by molar-refractivity contribution is -0.131. The first-order valence-electron chi connectivity index (χ1n) is 6.61. The summed E-state index contributed by atoms with van der Waals surface area (Å²) < 4.78 is 0. The van der Waals surface area contributed by atoms with E-state index < -0.39 is 0 Å². The predicted octanol–water partition coefficient (Wildman–Crippen LogP) is 1.12. The number of rotatable bonds is 1. The Morgan fingerprint density at radius 3 is 2.56 bits per heavy atom. The fraction of sp³-hybridized carbons (Fsp3) is 0.692. The molecule has 0 spiro atoms. The molecule has 0 aromatic heterocycles. The monoisotopic (exact) mass is 250 g/mol.